The average molecular weight is 255 g/mol. The van der Waals surface area contributed by atoms with E-state index in [-0.39, 0.29) is 0 Å². The van der Waals surface area contributed by atoms with E-state index in [0.29, 0.717) is 0 Å². The Morgan fingerprint density at radius 3 is 2.35 bits per heavy atom. The molecule has 95 valence electrons. The Morgan fingerprint density at radius 2 is 1.50 bits per heavy atom. The van der Waals surface area contributed by atoms with Gasteiger partial charge in [0.25, 0.3) is 0 Å². The molecule has 0 aliphatic heterocycles. The summed E-state index contributed by atoms with van der Waals surface area (Å²) in [7, 11) is 0. The Kier molecular flexibility index (Phi) is 2.50. The van der Waals surface area contributed by atoms with Crippen LogP contribution in [0.15, 0.2) is 60.7 Å². The van der Waals surface area contributed by atoms with Crippen molar-refractivity contribution in [2.45, 2.75) is 6.92 Å². The number of aryl methyl sites for hydroxylation is 1. The van der Waals surface area contributed by atoms with Crippen molar-refractivity contribution in [2.24, 2.45) is 0 Å². The van der Waals surface area contributed by atoms with Crippen LogP contribution < -0.4 is 0 Å². The molecule has 3 aromatic carbocycles. The number of rotatable bonds is 1. The molecule has 0 heteroatoms. The van der Waals surface area contributed by atoms with Crippen LogP contribution in [0, 0.1) is 13.3 Å². The summed E-state index contributed by atoms with van der Waals surface area (Å²) in [5.74, 6) is 0. The first-order chi connectivity index (χ1) is 9.81. The van der Waals surface area contributed by atoms with Crippen LogP contribution in [0.1, 0.15) is 22.3 Å². The Balaban J connectivity index is 1.93. The van der Waals surface area contributed by atoms with Gasteiger partial charge in [0.15, 0.2) is 0 Å². The highest BCUT2D eigenvalue weighted by atomic mass is 14.2. The predicted octanol–water partition coefficient (Wildman–Crippen LogP) is 5.25. The van der Waals surface area contributed by atoms with Crippen LogP contribution >= 0.6 is 0 Å². The van der Waals surface area contributed by atoms with Gasteiger partial charge in [0.05, 0.1) is 0 Å². The normalized spacial score (nSPS) is 13.3. The smallest absolute Gasteiger partial charge is 0.0211 e. The second-order valence-electron chi connectivity index (χ2n) is 5.41. The van der Waals surface area contributed by atoms with Crippen LogP contribution in [-0.2, 0) is 0 Å². The number of fused-ring (bicyclic) bond motifs is 2. The van der Waals surface area contributed by atoms with Crippen molar-refractivity contribution in [2.75, 3.05) is 0 Å². The van der Waals surface area contributed by atoms with Crippen molar-refractivity contribution in [1.82, 2.24) is 0 Å². The van der Waals surface area contributed by atoms with E-state index in [1.54, 1.807) is 0 Å². The zero-order valence-electron chi connectivity index (χ0n) is 11.4. The van der Waals surface area contributed by atoms with Gasteiger partial charge in [-0.1, -0.05) is 66.7 Å². The molecule has 0 aromatic heterocycles. The summed E-state index contributed by atoms with van der Waals surface area (Å²) in [5.41, 5.74) is 6.58. The first-order valence-electron chi connectivity index (χ1n) is 6.96. The molecular weight excluding hydrogens is 240 g/mol. The Morgan fingerprint density at radius 1 is 0.750 bits per heavy atom. The van der Waals surface area contributed by atoms with Gasteiger partial charge in [-0.05, 0) is 45.5 Å². The lowest BCUT2D eigenvalue weighted by Gasteiger charge is -2.09. The summed E-state index contributed by atoms with van der Waals surface area (Å²) >= 11 is 0. The van der Waals surface area contributed by atoms with Gasteiger partial charge in [-0.2, -0.15) is 0 Å². The molecule has 0 spiro atoms. The van der Waals surface area contributed by atoms with Crippen LogP contribution in [0.25, 0.3) is 22.4 Å². The topological polar surface area (TPSA) is 0 Å². The SMILES string of the molecule is Cc1cc(C2=Cc3ccccc3[CH]2)c2ccccc2c1. The maximum atomic E-state index is 2.29. The highest BCUT2D eigenvalue weighted by Crippen LogP contribution is 2.36. The average Bonchev–Trinajstić information content (AvgIpc) is 2.90. The second kappa shape index (κ2) is 4.35. The third kappa shape index (κ3) is 1.77. The maximum absolute atomic E-state index is 2.29. The van der Waals surface area contributed by atoms with Gasteiger partial charge in [0.1, 0.15) is 0 Å². The molecule has 1 aliphatic rings. The zero-order chi connectivity index (χ0) is 13.5. The third-order valence-corrected chi connectivity index (χ3v) is 3.94. The largest absolute Gasteiger partial charge is 0.0619 e. The summed E-state index contributed by atoms with van der Waals surface area (Å²) < 4.78 is 0. The van der Waals surface area contributed by atoms with E-state index in [4.69, 9.17) is 0 Å². The first kappa shape index (κ1) is 11.5. The molecule has 0 heterocycles. The summed E-state index contributed by atoms with van der Waals surface area (Å²) in [4.78, 5) is 0. The molecule has 0 bridgehead atoms. The number of benzene rings is 3. The standard InChI is InChI=1S/C20H15/c1-14-10-17-8-4-5-9-19(17)20(11-14)18-12-15-6-2-3-7-16(15)13-18/h2-13H,1H3. The van der Waals surface area contributed by atoms with Gasteiger partial charge >= 0.3 is 0 Å². The molecule has 0 unspecified atom stereocenters. The number of hydrogen-bond acceptors (Lipinski definition) is 0. The van der Waals surface area contributed by atoms with Gasteiger partial charge in [-0.25, -0.2) is 0 Å². The third-order valence-electron chi connectivity index (χ3n) is 3.94. The molecule has 4 rings (SSSR count). The van der Waals surface area contributed by atoms with Gasteiger partial charge in [-0.3, -0.25) is 0 Å². The van der Waals surface area contributed by atoms with E-state index in [9.17, 15) is 0 Å². The van der Waals surface area contributed by atoms with E-state index in [1.165, 1.54) is 38.6 Å². The summed E-state index contributed by atoms with van der Waals surface area (Å²) in [6, 6.07) is 21.7. The minimum Gasteiger partial charge on any atom is -0.0619 e. The summed E-state index contributed by atoms with van der Waals surface area (Å²) in [5, 5.41) is 2.64. The molecule has 0 atom stereocenters. The van der Waals surface area contributed by atoms with Gasteiger partial charge in [0, 0.05) is 6.42 Å². The van der Waals surface area contributed by atoms with Crippen LogP contribution in [0.2, 0.25) is 0 Å². The minimum absolute atomic E-state index is 1.31. The Bertz CT molecular complexity index is 838. The lowest BCUT2D eigenvalue weighted by atomic mass is 9.95. The Hall–Kier alpha value is -2.34. The Labute approximate surface area is 119 Å². The maximum Gasteiger partial charge on any atom is 0.0211 e. The van der Waals surface area contributed by atoms with Gasteiger partial charge < -0.3 is 0 Å². The van der Waals surface area contributed by atoms with Crippen molar-refractivity contribution in [1.29, 1.82) is 0 Å². The van der Waals surface area contributed by atoms with Gasteiger partial charge in [0.2, 0.25) is 0 Å². The second-order valence-corrected chi connectivity index (χ2v) is 5.41. The molecule has 20 heavy (non-hydrogen) atoms. The quantitative estimate of drug-likeness (QED) is 0.556. The molecule has 1 radical (unpaired) electrons. The number of hydrogen-bond donors (Lipinski definition) is 0. The molecule has 3 aromatic rings. The van der Waals surface area contributed by atoms with E-state index >= 15 is 0 Å². The molecular formula is C20H15. The van der Waals surface area contributed by atoms with Crippen molar-refractivity contribution in [3.8, 4) is 0 Å². The predicted molar refractivity (Wildman–Crippen MR) is 86.4 cm³/mol. The number of allylic oxidation sites excluding steroid dienone is 1. The first-order valence-corrected chi connectivity index (χ1v) is 6.96. The van der Waals surface area contributed by atoms with E-state index < -0.39 is 0 Å². The van der Waals surface area contributed by atoms with E-state index in [0.717, 1.165) is 0 Å². The lowest BCUT2D eigenvalue weighted by Crippen LogP contribution is -1.87. The summed E-state index contributed by atoms with van der Waals surface area (Å²) in [6.07, 6.45) is 4.58. The fourth-order valence-electron chi connectivity index (χ4n) is 3.01. The van der Waals surface area contributed by atoms with Crippen molar-refractivity contribution < 1.29 is 0 Å². The van der Waals surface area contributed by atoms with Crippen LogP contribution in [-0.4, -0.2) is 0 Å². The fourth-order valence-corrected chi connectivity index (χ4v) is 3.01. The fraction of sp³-hybridized carbons (Fsp3) is 0.0500. The molecule has 1 aliphatic carbocycles. The highest BCUT2D eigenvalue weighted by molar-refractivity contribution is 6.03. The lowest BCUT2D eigenvalue weighted by molar-refractivity contribution is 1.48. The molecule has 0 saturated heterocycles. The molecule has 0 fully saturated rings. The zero-order valence-corrected chi connectivity index (χ0v) is 11.4. The van der Waals surface area contributed by atoms with E-state index in [1.807, 2.05) is 0 Å². The van der Waals surface area contributed by atoms with Gasteiger partial charge in [-0.15, -0.1) is 0 Å². The molecule has 0 amide bonds. The monoisotopic (exact) mass is 255 g/mol. The highest BCUT2D eigenvalue weighted by Gasteiger charge is 2.15. The molecule has 0 N–H and O–H groups in total. The van der Waals surface area contributed by atoms with Crippen molar-refractivity contribution in [3.05, 3.63) is 89.3 Å². The summed E-state index contributed by atoms with van der Waals surface area (Å²) in [6.45, 7) is 2.17. The van der Waals surface area contributed by atoms with Crippen molar-refractivity contribution in [3.63, 3.8) is 0 Å². The molecule has 0 saturated carbocycles. The minimum atomic E-state index is 1.31. The van der Waals surface area contributed by atoms with Crippen LogP contribution in [0.3, 0.4) is 0 Å². The molecule has 0 nitrogen and oxygen atoms in total. The van der Waals surface area contributed by atoms with Crippen LogP contribution in [0.4, 0.5) is 0 Å². The van der Waals surface area contributed by atoms with Crippen molar-refractivity contribution >= 4 is 22.4 Å². The van der Waals surface area contributed by atoms with E-state index in [2.05, 4.69) is 80.1 Å². The van der Waals surface area contributed by atoms with Crippen LogP contribution in [0.5, 0.6) is 0 Å².